The van der Waals surface area contributed by atoms with Crippen LogP contribution in [0.3, 0.4) is 0 Å². The molecule has 0 fully saturated rings. The maximum Gasteiger partial charge on any atom is 0.262 e. The number of hydrogen-bond acceptors (Lipinski definition) is 3. The van der Waals surface area contributed by atoms with E-state index < -0.39 is 11.7 Å². The van der Waals surface area contributed by atoms with Gasteiger partial charge in [0.1, 0.15) is 11.6 Å². The van der Waals surface area contributed by atoms with Crippen LogP contribution in [0, 0.1) is 5.82 Å². The molecule has 0 atom stereocenters. The summed E-state index contributed by atoms with van der Waals surface area (Å²) in [4.78, 5) is 11.7. The van der Waals surface area contributed by atoms with Crippen LogP contribution in [0.25, 0.3) is 0 Å². The summed E-state index contributed by atoms with van der Waals surface area (Å²) in [5.74, 6) is -0.547. The predicted molar refractivity (Wildman–Crippen MR) is 76.4 cm³/mol. The predicted octanol–water partition coefficient (Wildman–Crippen LogP) is 3.08. The van der Waals surface area contributed by atoms with E-state index in [1.54, 1.807) is 18.2 Å². The van der Waals surface area contributed by atoms with Crippen molar-refractivity contribution in [3.05, 3.63) is 53.3 Å². The SMILES string of the molecule is Nc1ccc(NC(=O)COc2cccc(F)c2)c(Cl)c1. The van der Waals surface area contributed by atoms with Crippen LogP contribution in [0.4, 0.5) is 15.8 Å². The molecule has 0 aliphatic rings. The first-order valence-corrected chi connectivity index (χ1v) is 6.15. The molecule has 0 aliphatic heterocycles. The highest BCUT2D eigenvalue weighted by molar-refractivity contribution is 6.34. The Hall–Kier alpha value is -2.27. The number of nitrogens with two attached hydrogens (primary N) is 1. The third-order valence-corrected chi connectivity index (χ3v) is 2.75. The quantitative estimate of drug-likeness (QED) is 0.852. The molecular weight excluding hydrogens is 283 g/mol. The number of carbonyl (C=O) groups is 1. The molecule has 6 heteroatoms. The van der Waals surface area contributed by atoms with Gasteiger partial charge in [-0.1, -0.05) is 17.7 Å². The molecule has 0 saturated heterocycles. The van der Waals surface area contributed by atoms with Crippen molar-refractivity contribution in [2.45, 2.75) is 0 Å². The average Bonchev–Trinajstić information content (AvgIpc) is 2.40. The number of hydrogen-bond donors (Lipinski definition) is 2. The molecule has 104 valence electrons. The van der Waals surface area contributed by atoms with Gasteiger partial charge in [-0.2, -0.15) is 0 Å². The van der Waals surface area contributed by atoms with Crippen LogP contribution in [0.1, 0.15) is 0 Å². The first-order valence-electron chi connectivity index (χ1n) is 5.78. The van der Waals surface area contributed by atoms with E-state index in [0.717, 1.165) is 0 Å². The van der Waals surface area contributed by atoms with Gasteiger partial charge >= 0.3 is 0 Å². The van der Waals surface area contributed by atoms with Crippen molar-refractivity contribution in [3.8, 4) is 5.75 Å². The number of ether oxygens (including phenoxy) is 1. The maximum atomic E-state index is 12.9. The maximum absolute atomic E-state index is 12.9. The lowest BCUT2D eigenvalue weighted by molar-refractivity contribution is -0.118. The average molecular weight is 295 g/mol. The number of amides is 1. The number of benzene rings is 2. The lowest BCUT2D eigenvalue weighted by atomic mass is 10.3. The molecule has 2 aromatic carbocycles. The van der Waals surface area contributed by atoms with Crippen molar-refractivity contribution < 1.29 is 13.9 Å². The third-order valence-electron chi connectivity index (χ3n) is 2.43. The van der Waals surface area contributed by atoms with Crippen molar-refractivity contribution in [2.24, 2.45) is 0 Å². The summed E-state index contributed by atoms with van der Waals surface area (Å²) in [6.07, 6.45) is 0. The zero-order chi connectivity index (χ0) is 14.5. The summed E-state index contributed by atoms with van der Waals surface area (Å²) < 4.78 is 18.1. The summed E-state index contributed by atoms with van der Waals surface area (Å²) in [5, 5.41) is 2.91. The van der Waals surface area contributed by atoms with Crippen LogP contribution in [0.5, 0.6) is 5.75 Å². The standard InChI is InChI=1S/C14H12ClFN2O2/c15-12-7-10(17)4-5-13(12)18-14(19)8-20-11-3-1-2-9(16)6-11/h1-7H,8,17H2,(H,18,19). The van der Waals surface area contributed by atoms with Gasteiger partial charge in [-0.05, 0) is 30.3 Å². The molecular formula is C14H12ClFN2O2. The molecule has 0 aromatic heterocycles. The lowest BCUT2D eigenvalue weighted by Gasteiger charge is -2.09. The molecule has 0 bridgehead atoms. The second-order valence-electron chi connectivity index (χ2n) is 4.03. The van der Waals surface area contributed by atoms with Gasteiger partial charge in [-0.15, -0.1) is 0 Å². The number of halogens is 2. The van der Waals surface area contributed by atoms with Gasteiger partial charge in [0.25, 0.3) is 5.91 Å². The summed E-state index contributed by atoms with van der Waals surface area (Å²) >= 11 is 5.93. The zero-order valence-corrected chi connectivity index (χ0v) is 11.2. The zero-order valence-electron chi connectivity index (χ0n) is 10.4. The van der Waals surface area contributed by atoms with E-state index in [-0.39, 0.29) is 12.4 Å². The van der Waals surface area contributed by atoms with Crippen LogP contribution in [-0.4, -0.2) is 12.5 Å². The first-order chi connectivity index (χ1) is 9.54. The summed E-state index contributed by atoms with van der Waals surface area (Å²) in [6.45, 7) is -0.246. The third kappa shape index (κ3) is 3.86. The molecule has 0 heterocycles. The van der Waals surface area contributed by atoms with Crippen LogP contribution < -0.4 is 15.8 Å². The largest absolute Gasteiger partial charge is 0.484 e. The molecule has 0 spiro atoms. The number of nitrogen functional groups attached to an aromatic ring is 1. The minimum atomic E-state index is -0.426. The molecule has 4 nitrogen and oxygen atoms in total. The number of rotatable bonds is 4. The van der Waals surface area contributed by atoms with Crippen molar-refractivity contribution in [1.82, 2.24) is 0 Å². The lowest BCUT2D eigenvalue weighted by Crippen LogP contribution is -2.20. The normalized spacial score (nSPS) is 10.1. The Morgan fingerprint density at radius 1 is 1.30 bits per heavy atom. The van der Waals surface area contributed by atoms with Crippen molar-refractivity contribution in [1.29, 1.82) is 0 Å². The minimum Gasteiger partial charge on any atom is -0.484 e. The monoisotopic (exact) mass is 294 g/mol. The fraction of sp³-hybridized carbons (Fsp3) is 0.0714. The Balaban J connectivity index is 1.92. The van der Waals surface area contributed by atoms with Gasteiger partial charge < -0.3 is 15.8 Å². The van der Waals surface area contributed by atoms with Gasteiger partial charge in [0.2, 0.25) is 0 Å². The van der Waals surface area contributed by atoms with E-state index in [2.05, 4.69) is 5.32 Å². The Morgan fingerprint density at radius 2 is 2.10 bits per heavy atom. The molecule has 20 heavy (non-hydrogen) atoms. The molecule has 1 amide bonds. The van der Waals surface area contributed by atoms with Crippen LogP contribution in [0.15, 0.2) is 42.5 Å². The van der Waals surface area contributed by atoms with Crippen LogP contribution >= 0.6 is 11.6 Å². The van der Waals surface area contributed by atoms with Gasteiger partial charge in [0.15, 0.2) is 6.61 Å². The van der Waals surface area contributed by atoms with Gasteiger partial charge in [0, 0.05) is 11.8 Å². The van der Waals surface area contributed by atoms with Crippen LogP contribution in [0.2, 0.25) is 5.02 Å². The number of carbonyl (C=O) groups excluding carboxylic acids is 1. The van der Waals surface area contributed by atoms with E-state index in [0.29, 0.717) is 16.4 Å². The molecule has 0 radical (unpaired) electrons. The molecule has 0 saturated carbocycles. The number of nitrogens with one attached hydrogen (secondary N) is 1. The Morgan fingerprint density at radius 3 is 2.80 bits per heavy atom. The molecule has 2 aromatic rings. The second-order valence-corrected chi connectivity index (χ2v) is 4.44. The first kappa shape index (κ1) is 14.1. The summed E-state index contributed by atoms with van der Waals surface area (Å²) in [5.41, 5.74) is 6.49. The Kier molecular flexibility index (Phi) is 4.42. The van der Waals surface area contributed by atoms with Crippen molar-refractivity contribution in [2.75, 3.05) is 17.7 Å². The van der Waals surface area contributed by atoms with E-state index in [9.17, 15) is 9.18 Å². The molecule has 0 unspecified atom stereocenters. The van der Waals surface area contributed by atoms with Gasteiger partial charge in [-0.25, -0.2) is 4.39 Å². The molecule has 2 rings (SSSR count). The van der Waals surface area contributed by atoms with E-state index in [4.69, 9.17) is 22.1 Å². The van der Waals surface area contributed by atoms with Crippen LogP contribution in [-0.2, 0) is 4.79 Å². The van der Waals surface area contributed by atoms with E-state index in [1.165, 1.54) is 24.3 Å². The Bertz CT molecular complexity index is 634. The summed E-state index contributed by atoms with van der Waals surface area (Å²) in [7, 11) is 0. The van der Waals surface area contributed by atoms with Crippen molar-refractivity contribution >= 4 is 28.9 Å². The fourth-order valence-corrected chi connectivity index (χ4v) is 1.76. The highest BCUT2D eigenvalue weighted by Gasteiger charge is 2.07. The minimum absolute atomic E-state index is 0.246. The highest BCUT2D eigenvalue weighted by Crippen LogP contribution is 2.23. The smallest absolute Gasteiger partial charge is 0.262 e. The van der Waals surface area contributed by atoms with E-state index in [1.807, 2.05) is 0 Å². The van der Waals surface area contributed by atoms with E-state index >= 15 is 0 Å². The van der Waals surface area contributed by atoms with Gasteiger partial charge in [0.05, 0.1) is 10.7 Å². The highest BCUT2D eigenvalue weighted by atomic mass is 35.5. The van der Waals surface area contributed by atoms with Crippen molar-refractivity contribution in [3.63, 3.8) is 0 Å². The Labute approximate surface area is 120 Å². The second kappa shape index (κ2) is 6.25. The molecule has 3 N–H and O–H groups in total. The molecule has 0 aliphatic carbocycles. The topological polar surface area (TPSA) is 64.3 Å². The summed E-state index contributed by atoms with van der Waals surface area (Å²) in [6, 6.07) is 10.3. The van der Waals surface area contributed by atoms with Gasteiger partial charge in [-0.3, -0.25) is 4.79 Å². The fourth-order valence-electron chi connectivity index (χ4n) is 1.52. The number of anilines is 2.